The molecule has 13 heavy (non-hydrogen) atoms. The van der Waals surface area contributed by atoms with Gasteiger partial charge in [-0.05, 0) is 12.1 Å². The Kier molecular flexibility index (Phi) is 2.55. The van der Waals surface area contributed by atoms with Gasteiger partial charge in [-0.2, -0.15) is 8.78 Å². The van der Waals surface area contributed by atoms with Gasteiger partial charge in [0.25, 0.3) is 0 Å². The van der Waals surface area contributed by atoms with Gasteiger partial charge in [0, 0.05) is 0 Å². The number of carbonyl (C=O) groups is 1. The van der Waals surface area contributed by atoms with Crippen LogP contribution in [0.5, 0.6) is 0 Å². The molecule has 0 bridgehead atoms. The number of halogens is 3. The second-order valence-corrected chi connectivity index (χ2v) is 2.32. The maximum absolute atomic E-state index is 12.8. The summed E-state index contributed by atoms with van der Waals surface area (Å²) in [5.41, 5.74) is -0.845. The standard InChI is InChI=1S/C8H6F3NO/c9-7-4-2-1-3-6(7)8(10,11)12-5-13/h1-5H,(H,12,13). The van der Waals surface area contributed by atoms with Crippen LogP contribution >= 0.6 is 0 Å². The molecule has 0 aliphatic rings. The van der Waals surface area contributed by atoms with Gasteiger partial charge in [0.1, 0.15) is 5.82 Å². The summed E-state index contributed by atoms with van der Waals surface area (Å²) in [6, 6.07) is 0.698. The molecule has 1 aromatic rings. The molecule has 1 aromatic carbocycles. The Hall–Kier alpha value is -1.52. The van der Waals surface area contributed by atoms with Crippen LogP contribution in [-0.2, 0) is 10.8 Å². The van der Waals surface area contributed by atoms with Crippen LogP contribution in [0.4, 0.5) is 13.2 Å². The van der Waals surface area contributed by atoms with Gasteiger partial charge in [-0.25, -0.2) is 4.39 Å². The summed E-state index contributed by atoms with van der Waals surface area (Å²) in [7, 11) is 0. The van der Waals surface area contributed by atoms with Gasteiger partial charge >= 0.3 is 6.05 Å². The number of hydrogen-bond donors (Lipinski definition) is 1. The van der Waals surface area contributed by atoms with Gasteiger partial charge < -0.3 is 0 Å². The van der Waals surface area contributed by atoms with E-state index in [2.05, 4.69) is 0 Å². The normalized spacial score (nSPS) is 11.0. The van der Waals surface area contributed by atoms with Crippen LogP contribution in [0, 0.1) is 5.82 Å². The van der Waals surface area contributed by atoms with E-state index in [0.717, 1.165) is 12.1 Å². The third kappa shape index (κ3) is 1.99. The summed E-state index contributed by atoms with van der Waals surface area (Å²) < 4.78 is 38.4. The van der Waals surface area contributed by atoms with Crippen LogP contribution in [-0.4, -0.2) is 6.41 Å². The number of benzene rings is 1. The minimum atomic E-state index is -3.66. The lowest BCUT2D eigenvalue weighted by Crippen LogP contribution is -2.33. The minimum absolute atomic E-state index is 0.174. The largest absolute Gasteiger partial charge is 0.355 e. The molecule has 70 valence electrons. The molecule has 0 aliphatic heterocycles. The summed E-state index contributed by atoms with van der Waals surface area (Å²) >= 11 is 0. The molecule has 0 fully saturated rings. The molecule has 2 nitrogen and oxygen atoms in total. The highest BCUT2D eigenvalue weighted by molar-refractivity contribution is 5.48. The van der Waals surface area contributed by atoms with E-state index in [1.54, 1.807) is 0 Å². The van der Waals surface area contributed by atoms with Crippen LogP contribution < -0.4 is 5.32 Å². The van der Waals surface area contributed by atoms with Gasteiger partial charge in [0.05, 0.1) is 5.56 Å². The van der Waals surface area contributed by atoms with E-state index >= 15 is 0 Å². The van der Waals surface area contributed by atoms with Crippen LogP contribution in [0.1, 0.15) is 5.56 Å². The molecule has 0 saturated carbocycles. The Labute approximate surface area is 72.4 Å². The monoisotopic (exact) mass is 189 g/mol. The van der Waals surface area contributed by atoms with E-state index < -0.39 is 17.4 Å². The van der Waals surface area contributed by atoms with Crippen molar-refractivity contribution in [2.75, 3.05) is 0 Å². The second-order valence-electron chi connectivity index (χ2n) is 2.32. The molecule has 0 atom stereocenters. The maximum Gasteiger partial charge on any atom is 0.355 e. The summed E-state index contributed by atoms with van der Waals surface area (Å²) in [6.45, 7) is 0. The summed E-state index contributed by atoms with van der Waals surface area (Å²) in [6.07, 6.45) is -0.174. The fourth-order valence-electron chi connectivity index (χ4n) is 0.868. The lowest BCUT2D eigenvalue weighted by molar-refractivity contribution is -0.121. The highest BCUT2D eigenvalue weighted by atomic mass is 19.3. The van der Waals surface area contributed by atoms with Gasteiger partial charge in [-0.15, -0.1) is 0 Å². The van der Waals surface area contributed by atoms with E-state index in [0.29, 0.717) is 0 Å². The molecule has 0 saturated heterocycles. The van der Waals surface area contributed by atoms with Gasteiger partial charge in [0.15, 0.2) is 0 Å². The molecule has 0 aromatic heterocycles. The van der Waals surface area contributed by atoms with Crippen molar-refractivity contribution in [2.24, 2.45) is 0 Å². The van der Waals surface area contributed by atoms with Crippen molar-refractivity contribution in [3.05, 3.63) is 35.6 Å². The molecule has 0 spiro atoms. The average Bonchev–Trinajstić information content (AvgIpc) is 2.04. The topological polar surface area (TPSA) is 29.1 Å². The zero-order chi connectivity index (χ0) is 9.90. The summed E-state index contributed by atoms with van der Waals surface area (Å²) in [5.74, 6) is -1.05. The number of nitrogens with one attached hydrogen (secondary N) is 1. The Morgan fingerprint density at radius 3 is 2.46 bits per heavy atom. The molecule has 0 aliphatic carbocycles. The quantitative estimate of drug-likeness (QED) is 0.568. The molecule has 0 radical (unpaired) electrons. The Balaban J connectivity index is 3.06. The summed E-state index contributed by atoms with van der Waals surface area (Å²) in [4.78, 5) is 9.79. The molecule has 1 amide bonds. The van der Waals surface area contributed by atoms with Crippen LogP contribution in [0.15, 0.2) is 24.3 Å². The average molecular weight is 189 g/mol. The zero-order valence-corrected chi connectivity index (χ0v) is 6.43. The van der Waals surface area contributed by atoms with Crippen LogP contribution in [0.25, 0.3) is 0 Å². The Morgan fingerprint density at radius 1 is 1.31 bits per heavy atom. The highest BCUT2D eigenvalue weighted by Crippen LogP contribution is 2.25. The minimum Gasteiger partial charge on any atom is -0.296 e. The molecule has 0 unspecified atom stereocenters. The van der Waals surface area contributed by atoms with Crippen molar-refractivity contribution in [3.63, 3.8) is 0 Å². The first-order chi connectivity index (χ1) is 6.08. The predicted octanol–water partition coefficient (Wildman–Crippen LogP) is 1.62. The maximum atomic E-state index is 12.8. The molecule has 0 heterocycles. The van der Waals surface area contributed by atoms with Gasteiger partial charge in [-0.1, -0.05) is 12.1 Å². The Bertz CT molecular complexity index is 314. The number of amides is 1. The van der Waals surface area contributed by atoms with E-state index in [4.69, 9.17) is 0 Å². The van der Waals surface area contributed by atoms with Gasteiger partial charge in [0.2, 0.25) is 6.41 Å². The smallest absolute Gasteiger partial charge is 0.296 e. The number of alkyl halides is 2. The fraction of sp³-hybridized carbons (Fsp3) is 0.125. The predicted molar refractivity (Wildman–Crippen MR) is 39.5 cm³/mol. The fourth-order valence-corrected chi connectivity index (χ4v) is 0.868. The van der Waals surface area contributed by atoms with Crippen LogP contribution in [0.2, 0.25) is 0 Å². The number of hydrogen-bond acceptors (Lipinski definition) is 1. The molecule has 5 heteroatoms. The van der Waals surface area contributed by atoms with Gasteiger partial charge in [-0.3, -0.25) is 10.1 Å². The Morgan fingerprint density at radius 2 is 1.92 bits per heavy atom. The van der Waals surface area contributed by atoms with Crippen molar-refractivity contribution in [1.82, 2.24) is 5.32 Å². The van der Waals surface area contributed by atoms with E-state index in [1.807, 2.05) is 0 Å². The first-order valence-corrected chi connectivity index (χ1v) is 3.42. The van der Waals surface area contributed by atoms with Crippen molar-refractivity contribution in [3.8, 4) is 0 Å². The molecule has 1 N–H and O–H groups in total. The SMILES string of the molecule is O=CNC(F)(F)c1ccccc1F. The van der Waals surface area contributed by atoms with E-state index in [1.165, 1.54) is 17.4 Å². The third-order valence-corrected chi connectivity index (χ3v) is 1.45. The summed E-state index contributed by atoms with van der Waals surface area (Å²) in [5, 5.41) is 1.23. The molecular weight excluding hydrogens is 183 g/mol. The number of rotatable bonds is 3. The number of carbonyl (C=O) groups excluding carboxylic acids is 1. The van der Waals surface area contributed by atoms with Crippen molar-refractivity contribution in [2.45, 2.75) is 6.05 Å². The van der Waals surface area contributed by atoms with Crippen molar-refractivity contribution >= 4 is 6.41 Å². The first kappa shape index (κ1) is 9.57. The van der Waals surface area contributed by atoms with Crippen molar-refractivity contribution < 1.29 is 18.0 Å². The lowest BCUT2D eigenvalue weighted by atomic mass is 10.2. The lowest BCUT2D eigenvalue weighted by Gasteiger charge is -2.15. The zero-order valence-electron chi connectivity index (χ0n) is 6.43. The molecule has 1 rings (SSSR count). The van der Waals surface area contributed by atoms with Crippen molar-refractivity contribution in [1.29, 1.82) is 0 Å². The third-order valence-electron chi connectivity index (χ3n) is 1.45. The highest BCUT2D eigenvalue weighted by Gasteiger charge is 2.33. The van der Waals surface area contributed by atoms with E-state index in [9.17, 15) is 18.0 Å². The second kappa shape index (κ2) is 3.47. The van der Waals surface area contributed by atoms with E-state index in [-0.39, 0.29) is 6.41 Å². The molecular formula is C8H6F3NO. The van der Waals surface area contributed by atoms with Crippen LogP contribution in [0.3, 0.4) is 0 Å². The first-order valence-electron chi connectivity index (χ1n) is 3.42.